The fraction of sp³-hybridized carbons (Fsp3) is 0.0909. The van der Waals surface area contributed by atoms with Gasteiger partial charge in [-0.2, -0.15) is 0 Å². The van der Waals surface area contributed by atoms with Gasteiger partial charge in [-0.25, -0.2) is 0 Å². The maximum Gasteiger partial charge on any atom is 0.0796 e. The van der Waals surface area contributed by atoms with Crippen molar-refractivity contribution in [3.05, 3.63) is 55.6 Å². The molecule has 0 saturated heterocycles. The van der Waals surface area contributed by atoms with Crippen molar-refractivity contribution >= 4 is 46.4 Å². The van der Waals surface area contributed by atoms with E-state index in [0.717, 1.165) is 11.1 Å². The third-order valence-corrected chi connectivity index (χ3v) is 4.14. The van der Waals surface area contributed by atoms with Crippen LogP contribution in [0.3, 0.4) is 0 Å². The van der Waals surface area contributed by atoms with Crippen molar-refractivity contribution in [1.82, 2.24) is 0 Å². The van der Waals surface area contributed by atoms with Crippen LogP contribution in [0.2, 0.25) is 0 Å². The van der Waals surface area contributed by atoms with Gasteiger partial charge in [-0.15, -0.1) is 0 Å². The molecule has 0 N–H and O–H groups in total. The predicted molar refractivity (Wildman–Crippen MR) is 67.4 cm³/mol. The third-order valence-electron chi connectivity index (χ3n) is 2.23. The second kappa shape index (κ2) is 4.39. The van der Waals surface area contributed by atoms with Crippen LogP contribution in [0.4, 0.5) is 0 Å². The molecule has 0 nitrogen and oxygen atoms in total. The molecule has 2 aliphatic carbocycles. The van der Waals surface area contributed by atoms with E-state index in [1.807, 2.05) is 24.3 Å². The van der Waals surface area contributed by atoms with Crippen LogP contribution >= 0.6 is 46.4 Å². The number of hydrogen-bond acceptors (Lipinski definition) is 0. The fourth-order valence-electron chi connectivity index (χ4n) is 1.44. The van der Waals surface area contributed by atoms with Gasteiger partial charge in [0.2, 0.25) is 0 Å². The van der Waals surface area contributed by atoms with Crippen molar-refractivity contribution in [3.8, 4) is 0 Å². The molecule has 4 heteroatoms. The van der Waals surface area contributed by atoms with Crippen molar-refractivity contribution in [1.29, 1.82) is 0 Å². The Morgan fingerprint density at radius 2 is 1.07 bits per heavy atom. The summed E-state index contributed by atoms with van der Waals surface area (Å²) in [5, 5.41) is 1.56. The van der Waals surface area contributed by atoms with E-state index in [4.69, 9.17) is 46.4 Å². The number of rotatable bonds is 0. The Morgan fingerprint density at radius 1 is 0.667 bits per heavy atom. The van der Waals surface area contributed by atoms with Crippen molar-refractivity contribution in [2.24, 2.45) is 0 Å². The zero-order valence-corrected chi connectivity index (χ0v) is 10.6. The highest BCUT2D eigenvalue weighted by atomic mass is 35.5. The summed E-state index contributed by atoms with van der Waals surface area (Å²) in [6.45, 7) is 0. The van der Waals surface area contributed by atoms with Crippen LogP contribution < -0.4 is 0 Å². The summed E-state index contributed by atoms with van der Waals surface area (Å²) < 4.78 is 0. The van der Waals surface area contributed by atoms with Crippen LogP contribution in [0.15, 0.2) is 55.6 Å². The lowest BCUT2D eigenvalue weighted by Gasteiger charge is -2.03. The van der Waals surface area contributed by atoms with Gasteiger partial charge in [0.1, 0.15) is 0 Å². The van der Waals surface area contributed by atoms with E-state index >= 15 is 0 Å². The van der Waals surface area contributed by atoms with Gasteiger partial charge in [0.05, 0.1) is 20.1 Å². The monoisotopic (exact) mass is 278 g/mol. The Hall–Kier alpha value is -0.140. The molecule has 0 spiro atoms. The minimum Gasteiger partial charge on any atom is -0.0823 e. The molecule has 0 aromatic rings. The van der Waals surface area contributed by atoms with E-state index in [0.29, 0.717) is 26.5 Å². The number of allylic oxidation sites excluding steroid dienone is 10. The second-order valence-corrected chi connectivity index (χ2v) is 4.71. The summed E-state index contributed by atoms with van der Waals surface area (Å²) in [4.78, 5) is 0. The van der Waals surface area contributed by atoms with Gasteiger partial charge in [-0.1, -0.05) is 70.7 Å². The van der Waals surface area contributed by atoms with Gasteiger partial charge in [0, 0.05) is 6.42 Å². The van der Waals surface area contributed by atoms with Crippen LogP contribution in [0.25, 0.3) is 0 Å². The summed E-state index contributed by atoms with van der Waals surface area (Å²) in [6, 6.07) is 0. The molecular formula is C11H6Cl4. The number of halogens is 4. The molecule has 0 aromatic heterocycles. The van der Waals surface area contributed by atoms with Crippen LogP contribution in [-0.2, 0) is 0 Å². The zero-order valence-electron chi connectivity index (χ0n) is 7.53. The van der Waals surface area contributed by atoms with Crippen molar-refractivity contribution in [3.63, 3.8) is 0 Å². The van der Waals surface area contributed by atoms with Gasteiger partial charge in [0.25, 0.3) is 0 Å². The molecule has 0 radical (unpaired) electrons. The molecule has 15 heavy (non-hydrogen) atoms. The van der Waals surface area contributed by atoms with Crippen LogP contribution in [0.5, 0.6) is 0 Å². The molecule has 0 aromatic carbocycles. The van der Waals surface area contributed by atoms with E-state index in [-0.39, 0.29) is 0 Å². The highest BCUT2D eigenvalue weighted by molar-refractivity contribution is 6.52. The molecule has 0 aliphatic heterocycles. The number of fused-ring (bicyclic) bond motifs is 2. The largest absolute Gasteiger partial charge is 0.0823 e. The highest BCUT2D eigenvalue weighted by Crippen LogP contribution is 2.42. The van der Waals surface area contributed by atoms with Gasteiger partial charge < -0.3 is 0 Å². The average Bonchev–Trinajstić information content (AvgIpc) is 2.52. The van der Waals surface area contributed by atoms with Crippen molar-refractivity contribution < 1.29 is 0 Å². The minimum atomic E-state index is 0.313. The second-order valence-electron chi connectivity index (χ2n) is 3.20. The van der Waals surface area contributed by atoms with Crippen molar-refractivity contribution in [2.75, 3.05) is 0 Å². The predicted octanol–water partition coefficient (Wildman–Crippen LogP) is 5.19. The first-order valence-electron chi connectivity index (χ1n) is 4.29. The molecule has 0 atom stereocenters. The topological polar surface area (TPSA) is 0 Å². The lowest BCUT2D eigenvalue weighted by Crippen LogP contribution is -1.85. The van der Waals surface area contributed by atoms with Crippen LogP contribution in [0.1, 0.15) is 6.42 Å². The average molecular weight is 280 g/mol. The summed E-state index contributed by atoms with van der Waals surface area (Å²) in [7, 11) is 0. The smallest absolute Gasteiger partial charge is 0.0796 e. The quantitative estimate of drug-likeness (QED) is 0.572. The van der Waals surface area contributed by atoms with Gasteiger partial charge in [-0.05, 0) is 11.1 Å². The van der Waals surface area contributed by atoms with E-state index in [2.05, 4.69) is 0 Å². The Bertz CT molecular complexity index is 419. The summed E-state index contributed by atoms with van der Waals surface area (Å²) in [6.07, 6.45) is 8.27. The van der Waals surface area contributed by atoms with Crippen molar-refractivity contribution in [2.45, 2.75) is 6.42 Å². The van der Waals surface area contributed by atoms with Gasteiger partial charge >= 0.3 is 0 Å². The summed E-state index contributed by atoms with van der Waals surface area (Å²) in [5.74, 6) is 0. The Kier molecular flexibility index (Phi) is 3.32. The van der Waals surface area contributed by atoms with Gasteiger partial charge in [0.15, 0.2) is 0 Å². The molecular weight excluding hydrogens is 274 g/mol. The van der Waals surface area contributed by atoms with E-state index < -0.39 is 0 Å². The Balaban J connectivity index is 2.69. The maximum absolute atomic E-state index is 6.11. The Labute approximate surface area is 108 Å². The van der Waals surface area contributed by atoms with E-state index in [9.17, 15) is 0 Å². The van der Waals surface area contributed by atoms with Gasteiger partial charge in [-0.3, -0.25) is 0 Å². The minimum absolute atomic E-state index is 0.313. The highest BCUT2D eigenvalue weighted by Gasteiger charge is 2.22. The fourth-order valence-corrected chi connectivity index (χ4v) is 2.42. The molecule has 2 rings (SSSR count). The molecule has 2 bridgehead atoms. The van der Waals surface area contributed by atoms with Crippen LogP contribution in [-0.4, -0.2) is 0 Å². The first-order valence-corrected chi connectivity index (χ1v) is 5.80. The molecule has 0 unspecified atom stereocenters. The van der Waals surface area contributed by atoms with E-state index in [1.165, 1.54) is 0 Å². The zero-order chi connectivity index (χ0) is 11.0. The molecule has 0 amide bonds. The molecule has 0 saturated carbocycles. The number of hydrogen-bond donors (Lipinski definition) is 0. The van der Waals surface area contributed by atoms with Crippen LogP contribution in [0, 0.1) is 0 Å². The SMILES string of the molecule is ClC1=C(Cl)C(Cl)=C(Cl)C2=CC=CC=C1C2. The lowest BCUT2D eigenvalue weighted by molar-refractivity contribution is 1.20. The first-order chi connectivity index (χ1) is 7.11. The third kappa shape index (κ3) is 2.05. The molecule has 78 valence electrons. The summed E-state index contributed by atoms with van der Waals surface area (Å²) in [5.41, 5.74) is 1.85. The molecule has 0 fully saturated rings. The maximum atomic E-state index is 6.11. The summed E-state index contributed by atoms with van der Waals surface area (Å²) >= 11 is 24.3. The lowest BCUT2D eigenvalue weighted by atomic mass is 10.1. The Morgan fingerprint density at radius 3 is 1.47 bits per heavy atom. The first kappa shape index (κ1) is 11.3. The van der Waals surface area contributed by atoms with E-state index in [1.54, 1.807) is 0 Å². The molecule has 2 aliphatic rings. The normalized spacial score (nSPS) is 21.1. The standard InChI is InChI=1S/C11H6Cl4/c12-8-6-3-1-2-4-7(5-6)9(13)11(15)10(8)14/h1-4H,5H2. The molecule has 0 heterocycles.